The predicted molar refractivity (Wildman–Crippen MR) is 72.6 cm³/mol. The van der Waals surface area contributed by atoms with Gasteiger partial charge in [-0.25, -0.2) is 0 Å². The number of ether oxygens (including phenoxy) is 1. The zero-order valence-corrected chi connectivity index (χ0v) is 12.6. The molecule has 7 heteroatoms. The summed E-state index contributed by atoms with van der Waals surface area (Å²) in [5.41, 5.74) is -0.909. The second kappa shape index (κ2) is 7.08. The molecule has 112 valence electrons. The maximum absolute atomic E-state index is 12.7. The van der Waals surface area contributed by atoms with E-state index in [2.05, 4.69) is 21.2 Å². The van der Waals surface area contributed by atoms with Gasteiger partial charge in [0.25, 0.3) is 5.91 Å². The van der Waals surface area contributed by atoms with E-state index in [4.69, 9.17) is 4.74 Å². The zero-order chi connectivity index (χ0) is 15.3. The van der Waals surface area contributed by atoms with Crippen molar-refractivity contribution in [2.75, 3.05) is 13.2 Å². The molecular weight excluding hydrogens is 339 g/mol. The first kappa shape index (κ1) is 17.0. The van der Waals surface area contributed by atoms with Gasteiger partial charge in [0.05, 0.1) is 18.3 Å². The highest BCUT2D eigenvalue weighted by atomic mass is 79.9. The second-order valence-electron chi connectivity index (χ2n) is 4.37. The molecule has 0 aliphatic rings. The molecule has 1 aromatic rings. The number of benzene rings is 1. The minimum absolute atomic E-state index is 0.0370. The molecule has 0 radical (unpaired) electrons. The largest absolute Gasteiger partial charge is 0.417 e. The Morgan fingerprint density at radius 2 is 2.05 bits per heavy atom. The minimum atomic E-state index is -4.50. The third kappa shape index (κ3) is 5.13. The first-order valence-electron chi connectivity index (χ1n) is 5.98. The molecule has 3 nitrogen and oxygen atoms in total. The SMILES string of the molecule is CC(C)OCCNC(=O)c1ccc(Br)c(C(F)(F)F)c1. The summed E-state index contributed by atoms with van der Waals surface area (Å²) in [7, 11) is 0. The number of hydrogen-bond acceptors (Lipinski definition) is 2. The van der Waals surface area contributed by atoms with Gasteiger partial charge in [-0.05, 0) is 32.0 Å². The van der Waals surface area contributed by atoms with Crippen LogP contribution in [0.5, 0.6) is 0 Å². The Kier molecular flexibility index (Phi) is 6.01. The van der Waals surface area contributed by atoms with Crippen molar-refractivity contribution in [3.05, 3.63) is 33.8 Å². The molecule has 0 saturated heterocycles. The van der Waals surface area contributed by atoms with E-state index < -0.39 is 17.6 Å². The molecule has 1 N–H and O–H groups in total. The summed E-state index contributed by atoms with van der Waals surface area (Å²) in [6.07, 6.45) is -4.47. The molecule has 1 aromatic carbocycles. The van der Waals surface area contributed by atoms with Crippen LogP contribution in [-0.2, 0) is 10.9 Å². The van der Waals surface area contributed by atoms with Crippen molar-refractivity contribution in [3.63, 3.8) is 0 Å². The van der Waals surface area contributed by atoms with Crippen molar-refractivity contribution in [2.24, 2.45) is 0 Å². The van der Waals surface area contributed by atoms with Crippen molar-refractivity contribution in [1.82, 2.24) is 5.32 Å². The lowest BCUT2D eigenvalue weighted by Gasteiger charge is -2.12. The normalized spacial score (nSPS) is 11.8. The van der Waals surface area contributed by atoms with Gasteiger partial charge in [0, 0.05) is 16.6 Å². The lowest BCUT2D eigenvalue weighted by Crippen LogP contribution is -2.28. The van der Waals surface area contributed by atoms with Gasteiger partial charge in [-0.3, -0.25) is 4.79 Å². The average molecular weight is 354 g/mol. The van der Waals surface area contributed by atoms with Crippen LogP contribution in [0.1, 0.15) is 29.8 Å². The van der Waals surface area contributed by atoms with Gasteiger partial charge in [0.2, 0.25) is 0 Å². The molecule has 1 rings (SSSR count). The molecule has 0 unspecified atom stereocenters. The molecular formula is C13H15BrF3NO2. The lowest BCUT2D eigenvalue weighted by molar-refractivity contribution is -0.138. The molecule has 0 spiro atoms. The van der Waals surface area contributed by atoms with Crippen LogP contribution < -0.4 is 5.32 Å². The highest BCUT2D eigenvalue weighted by Gasteiger charge is 2.33. The average Bonchev–Trinajstić information content (AvgIpc) is 2.33. The van der Waals surface area contributed by atoms with Crippen LogP contribution in [0, 0.1) is 0 Å². The number of carbonyl (C=O) groups is 1. The van der Waals surface area contributed by atoms with Crippen LogP contribution in [0.15, 0.2) is 22.7 Å². The highest BCUT2D eigenvalue weighted by Crippen LogP contribution is 2.35. The van der Waals surface area contributed by atoms with Crippen LogP contribution >= 0.6 is 15.9 Å². The summed E-state index contributed by atoms with van der Waals surface area (Å²) >= 11 is 2.82. The number of amides is 1. The minimum Gasteiger partial charge on any atom is -0.377 e. The maximum atomic E-state index is 12.7. The molecule has 0 aromatic heterocycles. The highest BCUT2D eigenvalue weighted by molar-refractivity contribution is 9.10. The Labute approximate surface area is 123 Å². The number of halogens is 4. The van der Waals surface area contributed by atoms with Crippen molar-refractivity contribution < 1.29 is 22.7 Å². The fourth-order valence-corrected chi connectivity index (χ4v) is 1.92. The van der Waals surface area contributed by atoms with Crippen molar-refractivity contribution in [1.29, 1.82) is 0 Å². The van der Waals surface area contributed by atoms with E-state index in [0.29, 0.717) is 6.61 Å². The quantitative estimate of drug-likeness (QED) is 0.821. The molecule has 20 heavy (non-hydrogen) atoms. The lowest BCUT2D eigenvalue weighted by atomic mass is 10.1. The van der Waals surface area contributed by atoms with E-state index in [1.54, 1.807) is 0 Å². The number of hydrogen-bond donors (Lipinski definition) is 1. The first-order valence-corrected chi connectivity index (χ1v) is 6.77. The molecule has 0 fully saturated rings. The molecule has 1 amide bonds. The van der Waals surface area contributed by atoms with Crippen molar-refractivity contribution >= 4 is 21.8 Å². The fraction of sp³-hybridized carbons (Fsp3) is 0.462. The van der Waals surface area contributed by atoms with E-state index in [1.165, 1.54) is 12.1 Å². The van der Waals surface area contributed by atoms with Gasteiger partial charge >= 0.3 is 6.18 Å². The number of rotatable bonds is 5. The van der Waals surface area contributed by atoms with Gasteiger partial charge < -0.3 is 10.1 Å². The Balaban J connectivity index is 2.70. The van der Waals surface area contributed by atoms with Crippen LogP contribution in [0.4, 0.5) is 13.2 Å². The summed E-state index contributed by atoms with van der Waals surface area (Å²) in [5.74, 6) is -0.560. The second-order valence-corrected chi connectivity index (χ2v) is 5.22. The molecule has 0 saturated carbocycles. The summed E-state index contributed by atoms with van der Waals surface area (Å²) in [5, 5.41) is 2.51. The summed E-state index contributed by atoms with van der Waals surface area (Å²) in [6, 6.07) is 3.36. The molecule has 0 heterocycles. The van der Waals surface area contributed by atoms with E-state index in [9.17, 15) is 18.0 Å². The van der Waals surface area contributed by atoms with E-state index in [0.717, 1.165) is 6.07 Å². The monoisotopic (exact) mass is 353 g/mol. The first-order chi connectivity index (χ1) is 9.21. The zero-order valence-electron chi connectivity index (χ0n) is 11.1. The van der Waals surface area contributed by atoms with Crippen LogP contribution in [0.25, 0.3) is 0 Å². The van der Waals surface area contributed by atoms with Gasteiger partial charge in [0.15, 0.2) is 0 Å². The number of alkyl halides is 3. The fourth-order valence-electron chi connectivity index (χ4n) is 1.45. The van der Waals surface area contributed by atoms with Crippen LogP contribution in [0.3, 0.4) is 0 Å². The van der Waals surface area contributed by atoms with E-state index in [1.807, 2.05) is 13.8 Å². The topological polar surface area (TPSA) is 38.3 Å². The van der Waals surface area contributed by atoms with E-state index >= 15 is 0 Å². The third-order valence-corrected chi connectivity index (χ3v) is 3.06. The Bertz CT molecular complexity index is 475. The molecule has 0 aliphatic carbocycles. The predicted octanol–water partition coefficient (Wildman–Crippen LogP) is 3.62. The van der Waals surface area contributed by atoms with Gasteiger partial charge in [-0.1, -0.05) is 15.9 Å². The van der Waals surface area contributed by atoms with Gasteiger partial charge in [-0.15, -0.1) is 0 Å². The van der Waals surface area contributed by atoms with Crippen molar-refractivity contribution in [3.8, 4) is 0 Å². The Morgan fingerprint density at radius 1 is 1.40 bits per heavy atom. The van der Waals surface area contributed by atoms with Gasteiger partial charge in [0.1, 0.15) is 0 Å². The summed E-state index contributed by atoms with van der Waals surface area (Å²) < 4.78 is 43.2. The molecule has 0 atom stereocenters. The van der Waals surface area contributed by atoms with Crippen molar-refractivity contribution in [2.45, 2.75) is 26.1 Å². The van der Waals surface area contributed by atoms with Gasteiger partial charge in [-0.2, -0.15) is 13.2 Å². The number of nitrogens with one attached hydrogen (secondary N) is 1. The van der Waals surface area contributed by atoms with Crippen LogP contribution in [-0.4, -0.2) is 25.2 Å². The third-order valence-electron chi connectivity index (χ3n) is 2.37. The summed E-state index contributed by atoms with van der Waals surface area (Å²) in [4.78, 5) is 11.7. The molecule has 0 bridgehead atoms. The Hall–Kier alpha value is -1.08. The van der Waals surface area contributed by atoms with E-state index in [-0.39, 0.29) is 22.7 Å². The standard InChI is InChI=1S/C13H15BrF3NO2/c1-8(2)20-6-5-18-12(19)9-3-4-11(14)10(7-9)13(15,16)17/h3-4,7-8H,5-6H2,1-2H3,(H,18,19). The maximum Gasteiger partial charge on any atom is 0.417 e. The molecule has 0 aliphatic heterocycles. The van der Waals surface area contributed by atoms with Crippen LogP contribution in [0.2, 0.25) is 0 Å². The smallest absolute Gasteiger partial charge is 0.377 e. The number of carbonyl (C=O) groups excluding carboxylic acids is 1. The Morgan fingerprint density at radius 3 is 2.60 bits per heavy atom. The summed E-state index contributed by atoms with van der Waals surface area (Å²) in [6.45, 7) is 4.26.